The Balaban J connectivity index is 2.61. The molecule has 0 amide bonds. The van der Waals surface area contributed by atoms with Gasteiger partial charge in [0.1, 0.15) is 5.60 Å². The molecule has 4 heteroatoms. The molecule has 0 aromatic carbocycles. The van der Waals surface area contributed by atoms with E-state index in [9.17, 15) is 9.90 Å². The van der Waals surface area contributed by atoms with Crippen LogP contribution in [0.2, 0.25) is 0 Å². The summed E-state index contributed by atoms with van der Waals surface area (Å²) in [6.07, 6.45) is 0.503. The van der Waals surface area contributed by atoms with E-state index in [0.717, 1.165) is 0 Å². The Morgan fingerprint density at radius 3 is 2.83 bits per heavy atom. The molecule has 70 valence electrons. The Bertz CT molecular complexity index is 172. The molecule has 0 saturated carbocycles. The van der Waals surface area contributed by atoms with E-state index in [1.807, 2.05) is 0 Å². The second-order valence-electron chi connectivity index (χ2n) is 3.15. The smallest absolute Gasteiger partial charge is 0.311 e. The van der Waals surface area contributed by atoms with E-state index in [1.54, 1.807) is 6.92 Å². The Kier molecular flexibility index (Phi) is 2.69. The fourth-order valence-corrected chi connectivity index (χ4v) is 1.31. The number of methoxy groups -OCH3 is 1. The molecule has 1 aliphatic heterocycles. The highest BCUT2D eigenvalue weighted by atomic mass is 16.5. The first kappa shape index (κ1) is 9.48. The van der Waals surface area contributed by atoms with E-state index < -0.39 is 11.5 Å². The Morgan fingerprint density at radius 2 is 2.42 bits per heavy atom. The van der Waals surface area contributed by atoms with Gasteiger partial charge in [0.25, 0.3) is 0 Å². The van der Waals surface area contributed by atoms with Gasteiger partial charge in [-0.1, -0.05) is 0 Å². The topological polar surface area (TPSA) is 55.8 Å². The second-order valence-corrected chi connectivity index (χ2v) is 3.15. The zero-order chi connectivity index (χ0) is 9.19. The maximum absolute atomic E-state index is 11.1. The molecule has 1 saturated heterocycles. The van der Waals surface area contributed by atoms with Crippen molar-refractivity contribution in [3.8, 4) is 0 Å². The second kappa shape index (κ2) is 3.41. The molecule has 0 aromatic rings. The van der Waals surface area contributed by atoms with Crippen LogP contribution in [0.3, 0.4) is 0 Å². The SMILES string of the molecule is COC(=O)C(C)C1(O)CCOC1. The van der Waals surface area contributed by atoms with Crippen molar-refractivity contribution in [2.24, 2.45) is 5.92 Å². The summed E-state index contributed by atoms with van der Waals surface area (Å²) in [6.45, 7) is 2.39. The van der Waals surface area contributed by atoms with E-state index in [2.05, 4.69) is 4.74 Å². The number of ether oxygens (including phenoxy) is 2. The molecule has 4 nitrogen and oxygen atoms in total. The molecule has 2 unspecified atom stereocenters. The van der Waals surface area contributed by atoms with Crippen LogP contribution in [-0.2, 0) is 14.3 Å². The van der Waals surface area contributed by atoms with Crippen molar-refractivity contribution in [3.63, 3.8) is 0 Å². The number of esters is 1. The summed E-state index contributed by atoms with van der Waals surface area (Å²) in [5.74, 6) is -0.895. The van der Waals surface area contributed by atoms with Gasteiger partial charge in [-0.2, -0.15) is 0 Å². The van der Waals surface area contributed by atoms with Crippen LogP contribution in [0.5, 0.6) is 0 Å². The van der Waals surface area contributed by atoms with E-state index in [-0.39, 0.29) is 12.6 Å². The molecule has 2 atom stereocenters. The Morgan fingerprint density at radius 1 is 1.75 bits per heavy atom. The summed E-state index contributed by atoms with van der Waals surface area (Å²) in [4.78, 5) is 11.1. The van der Waals surface area contributed by atoms with Gasteiger partial charge in [0.15, 0.2) is 0 Å². The summed E-state index contributed by atoms with van der Waals surface area (Å²) >= 11 is 0. The summed E-state index contributed by atoms with van der Waals surface area (Å²) in [5, 5.41) is 9.84. The maximum atomic E-state index is 11.1. The molecule has 0 spiro atoms. The summed E-state index contributed by atoms with van der Waals surface area (Å²) < 4.78 is 9.55. The van der Waals surface area contributed by atoms with Crippen molar-refractivity contribution in [2.45, 2.75) is 18.9 Å². The van der Waals surface area contributed by atoms with Crippen LogP contribution in [0.15, 0.2) is 0 Å². The van der Waals surface area contributed by atoms with Crippen LogP contribution in [0.25, 0.3) is 0 Å². The minimum absolute atomic E-state index is 0.225. The Labute approximate surface area is 71.5 Å². The summed E-state index contributed by atoms with van der Waals surface area (Å²) in [7, 11) is 1.32. The van der Waals surface area contributed by atoms with E-state index in [1.165, 1.54) is 7.11 Å². The zero-order valence-electron chi connectivity index (χ0n) is 7.37. The van der Waals surface area contributed by atoms with Crippen molar-refractivity contribution < 1.29 is 19.4 Å². The summed E-state index contributed by atoms with van der Waals surface area (Å²) in [5.41, 5.74) is -1.02. The minimum Gasteiger partial charge on any atom is -0.469 e. The van der Waals surface area contributed by atoms with Gasteiger partial charge < -0.3 is 14.6 Å². The van der Waals surface area contributed by atoms with Gasteiger partial charge in [-0.3, -0.25) is 4.79 Å². The molecule has 1 heterocycles. The lowest BCUT2D eigenvalue weighted by atomic mass is 9.88. The van der Waals surface area contributed by atoms with Crippen LogP contribution >= 0.6 is 0 Å². The predicted octanol–water partition coefficient (Wildman–Crippen LogP) is -0.0531. The van der Waals surface area contributed by atoms with E-state index in [4.69, 9.17) is 4.74 Å². The molecule has 1 fully saturated rings. The fraction of sp³-hybridized carbons (Fsp3) is 0.875. The van der Waals surface area contributed by atoms with Gasteiger partial charge in [0.05, 0.1) is 19.6 Å². The molecule has 12 heavy (non-hydrogen) atoms. The first-order chi connectivity index (χ1) is 5.60. The molecule has 0 radical (unpaired) electrons. The van der Waals surface area contributed by atoms with Crippen LogP contribution in [0.1, 0.15) is 13.3 Å². The van der Waals surface area contributed by atoms with Crippen molar-refractivity contribution >= 4 is 5.97 Å². The lowest BCUT2D eigenvalue weighted by Crippen LogP contribution is -2.41. The number of aliphatic hydroxyl groups is 1. The molecule has 0 bridgehead atoms. The van der Waals surface area contributed by atoms with Crippen LogP contribution in [0, 0.1) is 5.92 Å². The summed E-state index contributed by atoms with van der Waals surface area (Å²) in [6, 6.07) is 0. The predicted molar refractivity (Wildman–Crippen MR) is 41.6 cm³/mol. The number of rotatable bonds is 2. The van der Waals surface area contributed by atoms with Gasteiger partial charge in [0.2, 0.25) is 0 Å². The molecular weight excluding hydrogens is 160 g/mol. The third-order valence-electron chi connectivity index (χ3n) is 2.39. The normalized spacial score (nSPS) is 31.6. The standard InChI is InChI=1S/C8H14O4/c1-6(7(9)11-2)8(10)3-4-12-5-8/h6,10H,3-5H2,1-2H3. The van der Waals surface area contributed by atoms with Crippen molar-refractivity contribution in [1.82, 2.24) is 0 Å². The molecule has 0 aliphatic carbocycles. The van der Waals surface area contributed by atoms with Gasteiger partial charge in [-0.15, -0.1) is 0 Å². The lowest BCUT2D eigenvalue weighted by molar-refractivity contribution is -0.154. The number of carbonyl (C=O) groups excluding carboxylic acids is 1. The highest BCUT2D eigenvalue weighted by Gasteiger charge is 2.42. The first-order valence-electron chi connectivity index (χ1n) is 3.98. The van der Waals surface area contributed by atoms with Gasteiger partial charge >= 0.3 is 5.97 Å². The highest BCUT2D eigenvalue weighted by Crippen LogP contribution is 2.27. The van der Waals surface area contributed by atoms with Crippen LogP contribution in [-0.4, -0.2) is 37.0 Å². The molecule has 0 aromatic heterocycles. The number of hydrogen-bond donors (Lipinski definition) is 1. The van der Waals surface area contributed by atoms with Gasteiger partial charge in [0, 0.05) is 13.0 Å². The Hall–Kier alpha value is -0.610. The van der Waals surface area contributed by atoms with Crippen molar-refractivity contribution in [1.29, 1.82) is 0 Å². The molecular formula is C8H14O4. The molecule has 1 rings (SSSR count). The third kappa shape index (κ3) is 1.59. The first-order valence-corrected chi connectivity index (χ1v) is 3.98. The number of carbonyl (C=O) groups is 1. The quantitative estimate of drug-likeness (QED) is 0.596. The van der Waals surface area contributed by atoms with Crippen molar-refractivity contribution in [3.05, 3.63) is 0 Å². The van der Waals surface area contributed by atoms with Gasteiger partial charge in [-0.05, 0) is 6.92 Å². The molecule has 1 N–H and O–H groups in total. The van der Waals surface area contributed by atoms with E-state index >= 15 is 0 Å². The lowest BCUT2D eigenvalue weighted by Gasteiger charge is -2.25. The van der Waals surface area contributed by atoms with Gasteiger partial charge in [-0.25, -0.2) is 0 Å². The largest absolute Gasteiger partial charge is 0.469 e. The highest BCUT2D eigenvalue weighted by molar-refractivity contribution is 5.73. The maximum Gasteiger partial charge on any atom is 0.311 e. The molecule has 1 aliphatic rings. The fourth-order valence-electron chi connectivity index (χ4n) is 1.31. The van der Waals surface area contributed by atoms with Crippen LogP contribution < -0.4 is 0 Å². The van der Waals surface area contributed by atoms with Crippen molar-refractivity contribution in [2.75, 3.05) is 20.3 Å². The minimum atomic E-state index is -1.02. The number of hydrogen-bond acceptors (Lipinski definition) is 4. The van der Waals surface area contributed by atoms with Crippen LogP contribution in [0.4, 0.5) is 0 Å². The average Bonchev–Trinajstić information content (AvgIpc) is 2.50. The third-order valence-corrected chi connectivity index (χ3v) is 2.39. The average molecular weight is 174 g/mol. The monoisotopic (exact) mass is 174 g/mol. The van der Waals surface area contributed by atoms with E-state index in [0.29, 0.717) is 13.0 Å². The zero-order valence-corrected chi connectivity index (χ0v) is 7.37.